The van der Waals surface area contributed by atoms with Crippen molar-refractivity contribution in [1.82, 2.24) is 4.90 Å². The van der Waals surface area contributed by atoms with Gasteiger partial charge in [-0.25, -0.2) is 0 Å². The van der Waals surface area contributed by atoms with Gasteiger partial charge < -0.3 is 9.64 Å². The molecule has 6 heteroatoms. The lowest BCUT2D eigenvalue weighted by molar-refractivity contribution is -0.216. The lowest BCUT2D eigenvalue weighted by Gasteiger charge is -2.21. The van der Waals surface area contributed by atoms with Crippen LogP contribution in [0.4, 0.5) is 13.2 Å². The minimum atomic E-state index is -4.49. The highest BCUT2D eigenvalue weighted by molar-refractivity contribution is 5.37. The van der Waals surface area contributed by atoms with Gasteiger partial charge in [0.25, 0.3) is 6.47 Å². The van der Waals surface area contributed by atoms with E-state index in [-0.39, 0.29) is 13.0 Å². The molecule has 0 saturated heterocycles. The number of carbonyl (C=O) groups excluding carboxylic acids is 1. The third-order valence-corrected chi connectivity index (χ3v) is 1.12. The van der Waals surface area contributed by atoms with E-state index in [1.165, 1.54) is 19.0 Å². The van der Waals surface area contributed by atoms with Crippen LogP contribution in [0.15, 0.2) is 0 Å². The molecule has 1 unspecified atom stereocenters. The number of hydrogen-bond acceptors (Lipinski definition) is 3. The van der Waals surface area contributed by atoms with Gasteiger partial charge >= 0.3 is 6.18 Å². The van der Waals surface area contributed by atoms with Crippen molar-refractivity contribution in [2.24, 2.45) is 0 Å². The zero-order valence-electron chi connectivity index (χ0n) is 6.76. The molecule has 1 atom stereocenters. The second-order valence-electron chi connectivity index (χ2n) is 2.52. The van der Waals surface area contributed by atoms with Crippen LogP contribution in [0.2, 0.25) is 0 Å². The summed E-state index contributed by atoms with van der Waals surface area (Å²) in [5.41, 5.74) is 0. The summed E-state index contributed by atoms with van der Waals surface area (Å²) in [4.78, 5) is 11.0. The predicted molar refractivity (Wildman–Crippen MR) is 35.5 cm³/mol. The van der Waals surface area contributed by atoms with Crippen LogP contribution in [0.3, 0.4) is 0 Å². The first-order valence-corrected chi connectivity index (χ1v) is 3.18. The molecule has 0 aliphatic carbocycles. The fourth-order valence-corrected chi connectivity index (χ4v) is 0.622. The van der Waals surface area contributed by atoms with E-state index >= 15 is 0 Å². The number of ether oxygens (including phenoxy) is 1. The molecule has 0 bridgehead atoms. The van der Waals surface area contributed by atoms with Crippen LogP contribution in [0.5, 0.6) is 0 Å². The van der Waals surface area contributed by atoms with E-state index in [0.717, 1.165) is 0 Å². The smallest absolute Gasteiger partial charge is 0.426 e. The second-order valence-corrected chi connectivity index (χ2v) is 2.52. The zero-order valence-corrected chi connectivity index (χ0v) is 6.76. The van der Waals surface area contributed by atoms with Crippen molar-refractivity contribution in [3.63, 3.8) is 0 Å². The molecule has 0 spiro atoms. The van der Waals surface area contributed by atoms with Gasteiger partial charge in [-0.3, -0.25) is 4.79 Å². The average Bonchev–Trinajstić information content (AvgIpc) is 1.83. The Morgan fingerprint density at radius 2 is 2.00 bits per heavy atom. The number of rotatable bonds is 4. The summed E-state index contributed by atoms with van der Waals surface area (Å²) in [7, 11) is 2.93. The summed E-state index contributed by atoms with van der Waals surface area (Å²) in [6.45, 7) is -0.552. The first-order chi connectivity index (χ1) is 5.38. The summed E-state index contributed by atoms with van der Waals surface area (Å²) in [6, 6.07) is 0. The minimum absolute atomic E-state index is 0.193. The molecule has 3 nitrogen and oxygen atoms in total. The molecule has 0 aromatic carbocycles. The van der Waals surface area contributed by atoms with E-state index in [9.17, 15) is 18.0 Å². The van der Waals surface area contributed by atoms with Gasteiger partial charge in [0.2, 0.25) is 6.10 Å². The van der Waals surface area contributed by atoms with Crippen LogP contribution in [0.25, 0.3) is 0 Å². The van der Waals surface area contributed by atoms with Gasteiger partial charge in [0.15, 0.2) is 0 Å². The molecule has 12 heavy (non-hydrogen) atoms. The van der Waals surface area contributed by atoms with Crippen LogP contribution in [-0.2, 0) is 9.53 Å². The first-order valence-electron chi connectivity index (χ1n) is 3.18. The van der Waals surface area contributed by atoms with Crippen molar-refractivity contribution in [1.29, 1.82) is 0 Å². The predicted octanol–water partition coefficient (Wildman–Crippen LogP) is 0.652. The monoisotopic (exact) mass is 185 g/mol. The lowest BCUT2D eigenvalue weighted by atomic mass is 10.3. The molecule has 0 fully saturated rings. The van der Waals surface area contributed by atoms with E-state index in [0.29, 0.717) is 0 Å². The quantitative estimate of drug-likeness (QED) is 0.602. The lowest BCUT2D eigenvalue weighted by Crippen LogP contribution is -2.40. The highest BCUT2D eigenvalue weighted by Gasteiger charge is 2.41. The van der Waals surface area contributed by atoms with Crippen LogP contribution in [0, 0.1) is 0 Å². The molecule has 0 amide bonds. The molecule has 0 aliphatic heterocycles. The van der Waals surface area contributed by atoms with E-state index in [2.05, 4.69) is 4.74 Å². The van der Waals surface area contributed by atoms with Gasteiger partial charge in [-0.1, -0.05) is 0 Å². The summed E-state index contributed by atoms with van der Waals surface area (Å²) in [6.07, 6.45) is -6.53. The van der Waals surface area contributed by atoms with Crippen LogP contribution in [0.1, 0.15) is 0 Å². The van der Waals surface area contributed by atoms with E-state index in [4.69, 9.17) is 0 Å². The van der Waals surface area contributed by atoms with Crippen molar-refractivity contribution in [3.05, 3.63) is 0 Å². The third kappa shape index (κ3) is 4.17. The minimum Gasteiger partial charge on any atom is -0.454 e. The first kappa shape index (κ1) is 11.2. The maximum absolute atomic E-state index is 12.0. The highest BCUT2D eigenvalue weighted by atomic mass is 19.4. The summed E-state index contributed by atoms with van der Waals surface area (Å²) >= 11 is 0. The Bertz CT molecular complexity index is 146. The second kappa shape index (κ2) is 4.30. The fraction of sp³-hybridized carbons (Fsp3) is 0.833. The van der Waals surface area contributed by atoms with Crippen molar-refractivity contribution < 1.29 is 22.7 Å². The number of nitrogens with zero attached hydrogens (tertiary/aromatic N) is 1. The van der Waals surface area contributed by atoms with E-state index in [1.54, 1.807) is 0 Å². The molecule has 0 radical (unpaired) electrons. The van der Waals surface area contributed by atoms with Crippen molar-refractivity contribution in [2.45, 2.75) is 12.3 Å². The number of likely N-dealkylation sites (N-methyl/N-ethyl adjacent to an activating group) is 1. The van der Waals surface area contributed by atoms with E-state index in [1.807, 2.05) is 0 Å². The molecule has 0 aromatic rings. The summed E-state index contributed by atoms with van der Waals surface area (Å²) in [5.74, 6) is 0. The molecule has 0 heterocycles. The van der Waals surface area contributed by atoms with Gasteiger partial charge in [0.05, 0.1) is 0 Å². The Labute approximate surface area is 68.1 Å². The van der Waals surface area contributed by atoms with Crippen molar-refractivity contribution in [2.75, 3.05) is 20.6 Å². The van der Waals surface area contributed by atoms with Crippen LogP contribution < -0.4 is 0 Å². The normalized spacial score (nSPS) is 14.5. The zero-order chi connectivity index (χ0) is 9.78. The Morgan fingerprint density at radius 3 is 2.25 bits per heavy atom. The van der Waals surface area contributed by atoms with Crippen molar-refractivity contribution in [3.8, 4) is 0 Å². The molecular weight excluding hydrogens is 175 g/mol. The van der Waals surface area contributed by atoms with Gasteiger partial charge in [-0.15, -0.1) is 0 Å². The number of hydrogen-bond donors (Lipinski definition) is 0. The number of alkyl halides is 3. The largest absolute Gasteiger partial charge is 0.454 e. The van der Waals surface area contributed by atoms with Crippen LogP contribution >= 0.6 is 0 Å². The topological polar surface area (TPSA) is 29.5 Å². The number of carbonyl (C=O) groups is 1. The maximum Gasteiger partial charge on any atom is 0.426 e. The standard InChI is InChI=1S/C6H10F3NO2/c1-10(2)3-5(12-4-11)6(7,8)9/h4-5H,3H2,1-2H3. The summed E-state index contributed by atoms with van der Waals surface area (Å²) < 4.78 is 39.7. The van der Waals surface area contributed by atoms with Gasteiger partial charge in [0.1, 0.15) is 0 Å². The molecule has 72 valence electrons. The molecule has 0 N–H and O–H groups in total. The third-order valence-electron chi connectivity index (χ3n) is 1.12. The molecule has 0 saturated carbocycles. The summed E-state index contributed by atoms with van der Waals surface area (Å²) in [5, 5.41) is 0. The fourth-order valence-electron chi connectivity index (χ4n) is 0.622. The van der Waals surface area contributed by atoms with Crippen LogP contribution in [-0.4, -0.2) is 44.3 Å². The Morgan fingerprint density at radius 1 is 1.50 bits per heavy atom. The molecule has 0 aromatic heterocycles. The average molecular weight is 185 g/mol. The Hall–Kier alpha value is -0.780. The van der Waals surface area contributed by atoms with Gasteiger partial charge in [0, 0.05) is 6.54 Å². The highest BCUT2D eigenvalue weighted by Crippen LogP contribution is 2.22. The molecular formula is C6H10F3NO2. The Balaban J connectivity index is 4.13. The maximum atomic E-state index is 12.0. The van der Waals surface area contributed by atoms with E-state index < -0.39 is 12.3 Å². The van der Waals surface area contributed by atoms with Crippen molar-refractivity contribution >= 4 is 6.47 Å². The van der Waals surface area contributed by atoms with Gasteiger partial charge in [-0.05, 0) is 14.1 Å². The molecule has 0 rings (SSSR count). The Kier molecular flexibility index (Phi) is 4.02. The van der Waals surface area contributed by atoms with Gasteiger partial charge in [-0.2, -0.15) is 13.2 Å². The SMILES string of the molecule is CN(C)CC(OC=O)C(F)(F)F. The number of halogens is 3. The molecule has 0 aliphatic rings.